The van der Waals surface area contributed by atoms with Crippen molar-refractivity contribution in [3.63, 3.8) is 0 Å². The zero-order valence-corrected chi connectivity index (χ0v) is 21.5. The number of aromatic nitrogens is 1. The molecule has 0 atom stereocenters. The normalized spacial score (nSPS) is 13.4. The average Bonchev–Trinajstić information content (AvgIpc) is 3.32. The van der Waals surface area contributed by atoms with Gasteiger partial charge in [0.05, 0.1) is 28.4 Å². The third kappa shape index (κ3) is 5.58. The monoisotopic (exact) mass is 533 g/mol. The molecule has 5 rings (SSSR count). The minimum Gasteiger partial charge on any atom is -0.378 e. The van der Waals surface area contributed by atoms with Crippen LogP contribution in [0.2, 0.25) is 0 Å². The Bertz CT molecular complexity index is 1500. The van der Waals surface area contributed by atoms with Crippen LogP contribution in [0.1, 0.15) is 15.9 Å². The first-order valence-electron chi connectivity index (χ1n) is 11.6. The number of fused-ring (bicyclic) bond motifs is 1. The van der Waals surface area contributed by atoms with Gasteiger partial charge in [0.2, 0.25) is 0 Å². The number of carbonyl (C=O) groups excluding carboxylic acids is 1. The fourth-order valence-electron chi connectivity index (χ4n) is 4.07. The number of thiocarbonyl (C=S) groups is 1. The van der Waals surface area contributed by atoms with Gasteiger partial charge in [-0.25, -0.2) is 4.98 Å². The number of nitro groups is 1. The summed E-state index contributed by atoms with van der Waals surface area (Å²) in [7, 11) is 0. The van der Waals surface area contributed by atoms with E-state index in [2.05, 4.69) is 23.6 Å². The molecule has 0 bridgehead atoms. The maximum Gasteiger partial charge on any atom is 0.293 e. The molecule has 0 unspecified atom stereocenters. The number of morpholine rings is 1. The number of nitrogens with zero attached hydrogens (tertiary/aromatic N) is 3. The summed E-state index contributed by atoms with van der Waals surface area (Å²) in [6, 6.07) is 18.2. The quantitative estimate of drug-likeness (QED) is 0.206. The lowest BCUT2D eigenvalue weighted by Gasteiger charge is -2.28. The zero-order chi connectivity index (χ0) is 25.9. The second-order valence-corrected chi connectivity index (χ2v) is 9.97. The van der Waals surface area contributed by atoms with Gasteiger partial charge in [-0.2, -0.15) is 0 Å². The summed E-state index contributed by atoms with van der Waals surface area (Å²) in [4.78, 5) is 30.5. The second-order valence-electron chi connectivity index (χ2n) is 8.54. The van der Waals surface area contributed by atoms with Gasteiger partial charge in [0.1, 0.15) is 10.7 Å². The molecular weight excluding hydrogens is 510 g/mol. The number of ether oxygens (including phenoxy) is 1. The molecule has 9 nitrogen and oxygen atoms in total. The highest BCUT2D eigenvalue weighted by atomic mass is 32.1. The van der Waals surface area contributed by atoms with Gasteiger partial charge in [0.15, 0.2) is 5.11 Å². The van der Waals surface area contributed by atoms with Crippen LogP contribution in [0.4, 0.5) is 17.1 Å². The standard InChI is InChI=1S/C26H23N5O4S2/c1-16-2-8-20-23(14-16)37-25(28-20)17-3-6-19(7-4-17)27-26(36)29-24(32)18-5-9-21(22(15-18)31(33)34)30-10-12-35-13-11-30/h2-9,14-15H,10-13H2,1H3,(H2,27,29,32,36). The molecule has 1 aliphatic rings. The molecule has 0 aliphatic carbocycles. The van der Waals surface area contributed by atoms with Gasteiger partial charge >= 0.3 is 0 Å². The minimum atomic E-state index is -0.532. The van der Waals surface area contributed by atoms with E-state index in [4.69, 9.17) is 21.9 Å². The zero-order valence-electron chi connectivity index (χ0n) is 19.9. The number of benzene rings is 3. The van der Waals surface area contributed by atoms with Gasteiger partial charge < -0.3 is 15.0 Å². The Labute approximate surface area is 222 Å². The maximum atomic E-state index is 12.8. The van der Waals surface area contributed by atoms with E-state index < -0.39 is 10.8 Å². The molecule has 0 spiro atoms. The number of hydrogen-bond acceptors (Lipinski definition) is 8. The first-order valence-corrected chi connectivity index (χ1v) is 12.8. The largest absolute Gasteiger partial charge is 0.378 e. The Balaban J connectivity index is 1.24. The fourth-order valence-corrected chi connectivity index (χ4v) is 5.35. The van der Waals surface area contributed by atoms with Crippen LogP contribution in [-0.2, 0) is 4.74 Å². The molecule has 2 heterocycles. The van der Waals surface area contributed by atoms with Crippen molar-refractivity contribution in [1.29, 1.82) is 0 Å². The Kier molecular flexibility index (Phi) is 7.08. The Morgan fingerprint density at radius 3 is 2.59 bits per heavy atom. The number of amides is 1. The van der Waals surface area contributed by atoms with Crippen LogP contribution < -0.4 is 15.5 Å². The predicted molar refractivity (Wildman–Crippen MR) is 150 cm³/mol. The van der Waals surface area contributed by atoms with Crippen molar-refractivity contribution in [2.45, 2.75) is 6.92 Å². The highest BCUT2D eigenvalue weighted by Crippen LogP contribution is 2.32. The number of nitrogens with one attached hydrogen (secondary N) is 2. The minimum absolute atomic E-state index is 0.0909. The number of hydrogen-bond donors (Lipinski definition) is 2. The number of rotatable bonds is 5. The van der Waals surface area contributed by atoms with E-state index in [0.717, 1.165) is 20.8 Å². The van der Waals surface area contributed by atoms with Gasteiger partial charge in [-0.1, -0.05) is 6.07 Å². The summed E-state index contributed by atoms with van der Waals surface area (Å²) in [5.74, 6) is -0.532. The summed E-state index contributed by atoms with van der Waals surface area (Å²) in [6.07, 6.45) is 0. The molecular formula is C26H23N5O4S2. The van der Waals surface area contributed by atoms with Crippen LogP contribution in [0.25, 0.3) is 20.8 Å². The van der Waals surface area contributed by atoms with Crippen molar-refractivity contribution in [3.05, 3.63) is 81.9 Å². The van der Waals surface area contributed by atoms with Crippen molar-refractivity contribution >= 4 is 61.9 Å². The van der Waals surface area contributed by atoms with E-state index in [1.54, 1.807) is 23.5 Å². The van der Waals surface area contributed by atoms with Crippen LogP contribution in [0.5, 0.6) is 0 Å². The summed E-state index contributed by atoms with van der Waals surface area (Å²) in [5.41, 5.74) is 4.32. The van der Waals surface area contributed by atoms with E-state index >= 15 is 0 Å². The molecule has 1 saturated heterocycles. The second kappa shape index (κ2) is 10.6. The van der Waals surface area contributed by atoms with E-state index in [0.29, 0.717) is 37.7 Å². The maximum absolute atomic E-state index is 12.8. The van der Waals surface area contributed by atoms with Crippen LogP contribution in [-0.4, -0.2) is 47.2 Å². The highest BCUT2D eigenvalue weighted by Gasteiger charge is 2.23. The van der Waals surface area contributed by atoms with E-state index in [1.165, 1.54) is 11.6 Å². The highest BCUT2D eigenvalue weighted by molar-refractivity contribution is 7.80. The molecule has 3 aromatic carbocycles. The molecule has 188 valence electrons. The molecule has 2 N–H and O–H groups in total. The average molecular weight is 534 g/mol. The number of carbonyl (C=O) groups is 1. The van der Waals surface area contributed by atoms with Gasteiger partial charge in [-0.15, -0.1) is 11.3 Å². The summed E-state index contributed by atoms with van der Waals surface area (Å²) in [5, 5.41) is 18.3. The summed E-state index contributed by atoms with van der Waals surface area (Å²) in [6.45, 7) is 4.17. The van der Waals surface area contributed by atoms with Crippen LogP contribution in [0.15, 0.2) is 60.7 Å². The third-order valence-electron chi connectivity index (χ3n) is 5.95. The Hall–Kier alpha value is -3.93. The molecule has 11 heteroatoms. The first kappa shape index (κ1) is 24.8. The molecule has 1 amide bonds. The first-order chi connectivity index (χ1) is 17.9. The number of aryl methyl sites for hydroxylation is 1. The van der Waals surface area contributed by atoms with Crippen LogP contribution in [0, 0.1) is 17.0 Å². The molecule has 1 aromatic heterocycles. The van der Waals surface area contributed by atoms with Gasteiger partial charge in [0.25, 0.3) is 11.6 Å². The lowest BCUT2D eigenvalue weighted by Crippen LogP contribution is -2.37. The molecule has 1 fully saturated rings. The predicted octanol–water partition coefficient (Wildman–Crippen LogP) is 5.14. The van der Waals surface area contributed by atoms with E-state index in [1.807, 2.05) is 41.3 Å². The Morgan fingerprint density at radius 1 is 1.11 bits per heavy atom. The number of anilines is 2. The molecule has 37 heavy (non-hydrogen) atoms. The van der Waals surface area contributed by atoms with Gasteiger partial charge in [-0.3, -0.25) is 20.2 Å². The lowest BCUT2D eigenvalue weighted by atomic mass is 10.1. The fraction of sp³-hybridized carbons (Fsp3) is 0.192. The van der Waals surface area contributed by atoms with E-state index in [9.17, 15) is 14.9 Å². The molecule has 0 saturated carbocycles. The summed E-state index contributed by atoms with van der Waals surface area (Å²) < 4.78 is 6.46. The van der Waals surface area contributed by atoms with Crippen molar-refractivity contribution in [3.8, 4) is 10.6 Å². The topological polar surface area (TPSA) is 110 Å². The van der Waals surface area contributed by atoms with E-state index in [-0.39, 0.29) is 16.4 Å². The van der Waals surface area contributed by atoms with Gasteiger partial charge in [0, 0.05) is 36.0 Å². The van der Waals surface area contributed by atoms with Gasteiger partial charge in [-0.05, 0) is 73.2 Å². The third-order valence-corrected chi connectivity index (χ3v) is 7.22. The van der Waals surface area contributed by atoms with Crippen LogP contribution in [0.3, 0.4) is 0 Å². The molecule has 1 aliphatic heterocycles. The number of thiazole rings is 1. The van der Waals surface area contributed by atoms with Crippen molar-refractivity contribution in [1.82, 2.24) is 10.3 Å². The lowest BCUT2D eigenvalue weighted by molar-refractivity contribution is -0.384. The SMILES string of the molecule is Cc1ccc2nc(-c3ccc(NC(=S)NC(=O)c4ccc(N5CCOCC5)c([N+](=O)[O-])c4)cc3)sc2c1. The molecule has 0 radical (unpaired) electrons. The van der Waals surface area contributed by atoms with Crippen molar-refractivity contribution in [2.75, 3.05) is 36.5 Å². The summed E-state index contributed by atoms with van der Waals surface area (Å²) >= 11 is 6.93. The molecule has 4 aromatic rings. The van der Waals surface area contributed by atoms with Crippen molar-refractivity contribution < 1.29 is 14.5 Å². The smallest absolute Gasteiger partial charge is 0.293 e. The Morgan fingerprint density at radius 2 is 1.86 bits per heavy atom. The van der Waals surface area contributed by atoms with Crippen LogP contribution >= 0.6 is 23.6 Å². The number of nitro benzene ring substituents is 1. The van der Waals surface area contributed by atoms with Crippen molar-refractivity contribution in [2.24, 2.45) is 0 Å².